The maximum atomic E-state index is 13.0. The first-order valence-corrected chi connectivity index (χ1v) is 12.9. The Balaban J connectivity index is 1.46. The van der Waals surface area contributed by atoms with E-state index in [0.717, 1.165) is 21.8 Å². The third-order valence-electron chi connectivity index (χ3n) is 6.08. The summed E-state index contributed by atoms with van der Waals surface area (Å²) < 4.78 is 24.9. The van der Waals surface area contributed by atoms with Crippen LogP contribution in [-0.2, 0) is 4.74 Å². The lowest BCUT2D eigenvalue weighted by molar-refractivity contribution is 0.00654. The minimum atomic E-state index is -0.966. The lowest BCUT2D eigenvalue weighted by atomic mass is 10.1. The zero-order valence-electron chi connectivity index (χ0n) is 22.9. The SMILES string of the molecule is C=Cn1c2ccccc2c2c(OCC(O)CN(CCOc3ccccc3OC)C(=O)OC(C)(C)C)cccc21. The normalized spacial score (nSPS) is 12.2. The summed E-state index contributed by atoms with van der Waals surface area (Å²) in [5.41, 5.74) is 1.29. The molecule has 1 unspecified atom stereocenters. The van der Waals surface area contributed by atoms with E-state index >= 15 is 0 Å². The van der Waals surface area contributed by atoms with Gasteiger partial charge >= 0.3 is 6.09 Å². The fraction of sp³-hybridized carbons (Fsp3) is 0.323. The van der Waals surface area contributed by atoms with Gasteiger partial charge in [0.15, 0.2) is 11.5 Å². The third-order valence-corrected chi connectivity index (χ3v) is 6.08. The van der Waals surface area contributed by atoms with Crippen molar-refractivity contribution in [2.45, 2.75) is 32.5 Å². The molecule has 1 atom stereocenters. The number of fused-ring (bicyclic) bond motifs is 3. The molecule has 0 spiro atoms. The van der Waals surface area contributed by atoms with Gasteiger partial charge in [-0.3, -0.25) is 0 Å². The molecule has 39 heavy (non-hydrogen) atoms. The molecule has 0 bridgehead atoms. The van der Waals surface area contributed by atoms with Crippen LogP contribution in [0.5, 0.6) is 17.2 Å². The summed E-state index contributed by atoms with van der Waals surface area (Å²) in [6.45, 7) is 9.73. The van der Waals surface area contributed by atoms with Crippen molar-refractivity contribution in [2.75, 3.05) is 33.4 Å². The van der Waals surface area contributed by atoms with Crippen molar-refractivity contribution in [3.8, 4) is 17.2 Å². The second-order valence-corrected chi connectivity index (χ2v) is 10.1. The minimum Gasteiger partial charge on any atom is -0.493 e. The van der Waals surface area contributed by atoms with Crippen LogP contribution in [0.1, 0.15) is 20.8 Å². The van der Waals surface area contributed by atoms with Crippen LogP contribution >= 0.6 is 0 Å². The van der Waals surface area contributed by atoms with E-state index in [1.165, 1.54) is 4.90 Å². The molecule has 1 aromatic heterocycles. The van der Waals surface area contributed by atoms with Gasteiger partial charge < -0.3 is 33.5 Å². The number of aliphatic hydroxyl groups excluding tert-OH is 1. The Bertz CT molecular complexity index is 1440. The number of amides is 1. The smallest absolute Gasteiger partial charge is 0.410 e. The van der Waals surface area contributed by atoms with Crippen molar-refractivity contribution in [2.24, 2.45) is 0 Å². The predicted octanol–water partition coefficient (Wildman–Crippen LogP) is 5.96. The Kier molecular flexibility index (Phi) is 8.66. The summed E-state index contributed by atoms with van der Waals surface area (Å²) in [6.07, 6.45) is 0.267. The second kappa shape index (κ2) is 12.1. The molecule has 0 fully saturated rings. The molecule has 1 heterocycles. The zero-order valence-corrected chi connectivity index (χ0v) is 22.9. The molecule has 0 aliphatic carbocycles. The van der Waals surface area contributed by atoms with Crippen LogP contribution < -0.4 is 14.2 Å². The van der Waals surface area contributed by atoms with Crippen LogP contribution in [-0.4, -0.2) is 65.8 Å². The van der Waals surface area contributed by atoms with Crippen molar-refractivity contribution in [1.82, 2.24) is 9.47 Å². The molecule has 1 N–H and O–H groups in total. The number of nitrogens with zero attached hydrogens (tertiary/aromatic N) is 2. The maximum Gasteiger partial charge on any atom is 0.410 e. The van der Waals surface area contributed by atoms with Crippen LogP contribution in [0.2, 0.25) is 0 Å². The van der Waals surface area contributed by atoms with E-state index < -0.39 is 17.8 Å². The predicted molar refractivity (Wildman–Crippen MR) is 154 cm³/mol. The van der Waals surface area contributed by atoms with E-state index in [1.54, 1.807) is 46.2 Å². The number of benzene rings is 3. The molecule has 0 aliphatic rings. The molecule has 0 saturated heterocycles. The Morgan fingerprint density at radius 1 is 0.974 bits per heavy atom. The van der Waals surface area contributed by atoms with Crippen LogP contribution in [0, 0.1) is 0 Å². The zero-order chi connectivity index (χ0) is 28.0. The van der Waals surface area contributed by atoms with Crippen molar-refractivity contribution >= 4 is 34.1 Å². The average molecular weight is 533 g/mol. The van der Waals surface area contributed by atoms with E-state index in [9.17, 15) is 9.90 Å². The first-order chi connectivity index (χ1) is 18.7. The van der Waals surface area contributed by atoms with Gasteiger partial charge in [0.1, 0.15) is 30.7 Å². The molecule has 4 aromatic rings. The second-order valence-electron chi connectivity index (χ2n) is 10.1. The molecule has 3 aromatic carbocycles. The molecule has 0 aliphatic heterocycles. The number of methoxy groups -OCH3 is 1. The standard InChI is InChI=1S/C31H36N2O6/c1-6-33-24-13-8-7-12-23(24)29-25(33)14-11-17-28(29)38-21-22(34)20-32(30(35)39-31(2,3)4)18-19-37-27-16-10-9-15-26(27)36-5/h6-17,22,34H,1,18-21H2,2-5H3. The fourth-order valence-electron chi connectivity index (χ4n) is 4.41. The summed E-state index contributed by atoms with van der Waals surface area (Å²) in [4.78, 5) is 14.4. The largest absolute Gasteiger partial charge is 0.493 e. The van der Waals surface area contributed by atoms with Crippen LogP contribution in [0.15, 0.2) is 73.3 Å². The summed E-state index contributed by atoms with van der Waals surface area (Å²) in [7, 11) is 1.57. The average Bonchev–Trinajstić information content (AvgIpc) is 3.24. The number of aromatic nitrogens is 1. The molecule has 206 valence electrons. The quantitative estimate of drug-likeness (QED) is 0.257. The van der Waals surface area contributed by atoms with Gasteiger partial charge in [-0.2, -0.15) is 0 Å². The van der Waals surface area contributed by atoms with Crippen molar-refractivity contribution in [1.29, 1.82) is 0 Å². The Labute approximate surface area is 228 Å². The Morgan fingerprint density at radius 3 is 2.36 bits per heavy atom. The van der Waals surface area contributed by atoms with Crippen molar-refractivity contribution in [3.05, 3.63) is 73.3 Å². The van der Waals surface area contributed by atoms with Crippen LogP contribution in [0.25, 0.3) is 28.0 Å². The third kappa shape index (κ3) is 6.64. The van der Waals surface area contributed by atoms with Crippen LogP contribution in [0.3, 0.4) is 0 Å². The molecule has 8 heteroatoms. The maximum absolute atomic E-state index is 13.0. The number of carbonyl (C=O) groups is 1. The van der Waals surface area contributed by atoms with Crippen LogP contribution in [0.4, 0.5) is 4.79 Å². The Hall–Kier alpha value is -4.17. The molecule has 0 saturated carbocycles. The first kappa shape index (κ1) is 27.9. The van der Waals surface area contributed by atoms with Gasteiger partial charge in [0, 0.05) is 17.0 Å². The molecule has 8 nitrogen and oxygen atoms in total. The van der Waals surface area contributed by atoms with E-state index in [4.69, 9.17) is 18.9 Å². The lowest BCUT2D eigenvalue weighted by Crippen LogP contribution is -2.44. The number of rotatable bonds is 11. The Morgan fingerprint density at radius 2 is 1.64 bits per heavy atom. The van der Waals surface area contributed by atoms with E-state index in [2.05, 4.69) is 6.58 Å². The minimum absolute atomic E-state index is 0.00852. The van der Waals surface area contributed by atoms with Gasteiger partial charge in [0.2, 0.25) is 0 Å². The highest BCUT2D eigenvalue weighted by molar-refractivity contribution is 6.12. The van der Waals surface area contributed by atoms with E-state index in [1.807, 2.05) is 59.2 Å². The highest BCUT2D eigenvalue weighted by Gasteiger charge is 2.25. The summed E-state index contributed by atoms with van der Waals surface area (Å²) in [5.74, 6) is 1.81. The van der Waals surface area contributed by atoms with Crippen molar-refractivity contribution in [3.63, 3.8) is 0 Å². The van der Waals surface area contributed by atoms with E-state index in [0.29, 0.717) is 17.2 Å². The van der Waals surface area contributed by atoms with Gasteiger partial charge in [-0.05, 0) is 51.1 Å². The van der Waals surface area contributed by atoms with E-state index in [-0.39, 0.29) is 26.3 Å². The number of hydrogen-bond donors (Lipinski definition) is 1. The first-order valence-electron chi connectivity index (χ1n) is 12.9. The van der Waals surface area contributed by atoms with Gasteiger partial charge in [-0.15, -0.1) is 0 Å². The highest BCUT2D eigenvalue weighted by atomic mass is 16.6. The van der Waals surface area contributed by atoms with Crippen molar-refractivity contribution < 1.29 is 28.8 Å². The molecular weight excluding hydrogens is 496 g/mol. The molecule has 4 rings (SSSR count). The van der Waals surface area contributed by atoms with Gasteiger partial charge in [-0.25, -0.2) is 4.79 Å². The number of para-hydroxylation sites is 3. The molecular formula is C31H36N2O6. The topological polar surface area (TPSA) is 82.4 Å². The number of ether oxygens (including phenoxy) is 4. The number of carbonyl (C=O) groups excluding carboxylic acids is 1. The molecule has 1 amide bonds. The summed E-state index contributed by atoms with van der Waals surface area (Å²) in [6, 6.07) is 21.1. The molecule has 0 radical (unpaired) electrons. The number of aliphatic hydroxyl groups is 1. The highest BCUT2D eigenvalue weighted by Crippen LogP contribution is 2.35. The number of hydrogen-bond acceptors (Lipinski definition) is 6. The summed E-state index contributed by atoms with van der Waals surface area (Å²) in [5, 5.41) is 12.9. The fourth-order valence-corrected chi connectivity index (χ4v) is 4.41. The summed E-state index contributed by atoms with van der Waals surface area (Å²) >= 11 is 0. The van der Waals surface area contributed by atoms with Gasteiger partial charge in [-0.1, -0.05) is 43.0 Å². The van der Waals surface area contributed by atoms with Gasteiger partial charge in [0.05, 0.1) is 31.2 Å². The lowest BCUT2D eigenvalue weighted by Gasteiger charge is -2.29. The monoisotopic (exact) mass is 532 g/mol. The van der Waals surface area contributed by atoms with Gasteiger partial charge in [0.25, 0.3) is 0 Å².